The molecule has 0 aliphatic heterocycles. The topological polar surface area (TPSA) is 46.0 Å². The Morgan fingerprint density at radius 1 is 1.29 bits per heavy atom. The first-order chi connectivity index (χ1) is 10.1. The second-order valence-corrected chi connectivity index (χ2v) is 6.21. The van der Waals surface area contributed by atoms with Gasteiger partial charge < -0.3 is 0 Å². The van der Waals surface area contributed by atoms with Crippen molar-refractivity contribution in [2.24, 2.45) is 5.10 Å². The highest BCUT2D eigenvalue weighted by Gasteiger charge is 2.08. The van der Waals surface area contributed by atoms with Crippen LogP contribution < -0.4 is 0 Å². The highest BCUT2D eigenvalue weighted by Crippen LogP contribution is 2.23. The van der Waals surface area contributed by atoms with Crippen LogP contribution in [0.5, 0.6) is 0 Å². The van der Waals surface area contributed by atoms with Gasteiger partial charge in [0.25, 0.3) is 0 Å². The molecule has 0 amide bonds. The van der Waals surface area contributed by atoms with E-state index in [-0.39, 0.29) is 0 Å². The molecule has 21 heavy (non-hydrogen) atoms. The summed E-state index contributed by atoms with van der Waals surface area (Å²) in [6.45, 7) is 0. The molecular formula is C13H8Cl2N4S2. The van der Waals surface area contributed by atoms with Gasteiger partial charge in [0, 0.05) is 0 Å². The molecule has 0 radical (unpaired) electrons. The van der Waals surface area contributed by atoms with Crippen LogP contribution in [0, 0.1) is 4.77 Å². The van der Waals surface area contributed by atoms with Crippen molar-refractivity contribution in [3.63, 3.8) is 0 Å². The molecule has 1 aromatic carbocycles. The van der Waals surface area contributed by atoms with Gasteiger partial charge in [0.05, 0.1) is 21.1 Å². The Kier molecular flexibility index (Phi) is 4.21. The molecule has 0 unspecified atom stereocenters. The fourth-order valence-corrected chi connectivity index (χ4v) is 2.87. The number of aromatic nitrogens is 3. The molecular weight excluding hydrogens is 347 g/mol. The number of halogens is 2. The molecule has 0 spiro atoms. The van der Waals surface area contributed by atoms with E-state index in [1.807, 2.05) is 23.6 Å². The summed E-state index contributed by atoms with van der Waals surface area (Å²) < 4.78 is 2.00. The van der Waals surface area contributed by atoms with Gasteiger partial charge in [-0.2, -0.15) is 14.9 Å². The number of hydrogen-bond acceptors (Lipinski definition) is 4. The standard InChI is InChI=1S/C13H8Cl2N4S2/c14-9-4-3-8(6-10(9)15)7-16-19-12(17-18-13(19)20)11-2-1-5-21-11/h1-7H,(H,18,20). The Morgan fingerprint density at radius 2 is 2.14 bits per heavy atom. The van der Waals surface area contributed by atoms with Crippen LogP contribution in [0.25, 0.3) is 10.7 Å². The molecule has 8 heteroatoms. The molecule has 0 bridgehead atoms. The number of nitrogens with one attached hydrogen (secondary N) is 1. The lowest BCUT2D eigenvalue weighted by Crippen LogP contribution is -1.93. The first-order valence-corrected chi connectivity index (χ1v) is 7.90. The van der Waals surface area contributed by atoms with Crippen molar-refractivity contribution in [2.45, 2.75) is 0 Å². The van der Waals surface area contributed by atoms with Gasteiger partial charge in [-0.25, -0.2) is 5.10 Å². The number of aromatic amines is 1. The minimum Gasteiger partial charge on any atom is -0.250 e. The average Bonchev–Trinajstić information content (AvgIpc) is 3.10. The molecule has 0 saturated heterocycles. The molecule has 2 aromatic heterocycles. The molecule has 106 valence electrons. The third-order valence-corrected chi connectivity index (χ3v) is 4.53. The Balaban J connectivity index is 1.98. The van der Waals surface area contributed by atoms with Gasteiger partial charge in [-0.1, -0.05) is 35.3 Å². The van der Waals surface area contributed by atoms with Crippen LogP contribution in [0.3, 0.4) is 0 Å². The lowest BCUT2D eigenvalue weighted by Gasteiger charge is -1.99. The van der Waals surface area contributed by atoms with Crippen molar-refractivity contribution >= 4 is 53.0 Å². The summed E-state index contributed by atoms with van der Waals surface area (Å²) in [7, 11) is 0. The van der Waals surface area contributed by atoms with E-state index in [9.17, 15) is 0 Å². The monoisotopic (exact) mass is 354 g/mol. The van der Waals surface area contributed by atoms with Crippen molar-refractivity contribution in [2.75, 3.05) is 0 Å². The Morgan fingerprint density at radius 3 is 2.86 bits per heavy atom. The second-order valence-electron chi connectivity index (χ2n) is 4.06. The third-order valence-electron chi connectivity index (χ3n) is 2.66. The van der Waals surface area contributed by atoms with Crippen LogP contribution in [0.4, 0.5) is 0 Å². The summed E-state index contributed by atoms with van der Waals surface area (Å²) >= 11 is 18.6. The van der Waals surface area contributed by atoms with Gasteiger partial charge >= 0.3 is 0 Å². The summed E-state index contributed by atoms with van der Waals surface area (Å²) in [5.41, 5.74) is 0.824. The van der Waals surface area contributed by atoms with E-state index in [4.69, 9.17) is 35.4 Å². The number of rotatable bonds is 3. The zero-order valence-corrected chi connectivity index (χ0v) is 13.6. The molecule has 0 atom stereocenters. The molecule has 0 saturated carbocycles. The van der Waals surface area contributed by atoms with Crippen LogP contribution in [0.15, 0.2) is 40.8 Å². The molecule has 1 N–H and O–H groups in total. The van der Waals surface area contributed by atoms with Crippen LogP contribution in [0.1, 0.15) is 5.56 Å². The first-order valence-electron chi connectivity index (χ1n) is 5.86. The molecule has 3 aromatic rings. The highest BCUT2D eigenvalue weighted by atomic mass is 35.5. The molecule has 0 fully saturated rings. The van der Waals surface area contributed by atoms with E-state index in [1.54, 1.807) is 34.4 Å². The van der Waals surface area contributed by atoms with E-state index in [0.717, 1.165) is 10.4 Å². The van der Waals surface area contributed by atoms with Gasteiger partial charge in [-0.05, 0) is 41.4 Å². The molecule has 3 rings (SSSR count). The van der Waals surface area contributed by atoms with E-state index in [1.165, 1.54) is 0 Å². The Bertz CT molecular complexity index is 849. The molecule has 0 aliphatic rings. The largest absolute Gasteiger partial charge is 0.250 e. The number of H-pyrrole nitrogens is 1. The lowest BCUT2D eigenvalue weighted by molar-refractivity contribution is 0.873. The van der Waals surface area contributed by atoms with Gasteiger partial charge in [0.1, 0.15) is 0 Å². The maximum Gasteiger partial charge on any atom is 0.216 e. The van der Waals surface area contributed by atoms with Crippen molar-refractivity contribution in [3.8, 4) is 10.7 Å². The maximum absolute atomic E-state index is 5.98. The fraction of sp³-hybridized carbons (Fsp3) is 0. The van der Waals surface area contributed by atoms with Gasteiger partial charge in [0.2, 0.25) is 4.77 Å². The SMILES string of the molecule is S=c1[nH]nc(-c2cccs2)n1N=Cc1ccc(Cl)c(Cl)c1. The average molecular weight is 355 g/mol. The first kappa shape index (κ1) is 14.5. The van der Waals surface area contributed by atoms with Crippen LogP contribution >= 0.6 is 46.8 Å². The second kappa shape index (κ2) is 6.11. The Hall–Kier alpha value is -1.47. The van der Waals surface area contributed by atoms with Crippen LogP contribution in [0.2, 0.25) is 10.0 Å². The van der Waals surface area contributed by atoms with Crippen LogP contribution in [-0.4, -0.2) is 21.1 Å². The molecule has 4 nitrogen and oxygen atoms in total. The number of nitrogens with zero attached hydrogens (tertiary/aromatic N) is 3. The highest BCUT2D eigenvalue weighted by molar-refractivity contribution is 7.71. The lowest BCUT2D eigenvalue weighted by atomic mass is 10.2. The zero-order valence-electron chi connectivity index (χ0n) is 10.5. The smallest absolute Gasteiger partial charge is 0.216 e. The summed E-state index contributed by atoms with van der Waals surface area (Å²) in [6, 6.07) is 9.19. The number of thiophene rings is 1. The fourth-order valence-electron chi connectivity index (χ4n) is 1.68. The zero-order chi connectivity index (χ0) is 14.8. The van der Waals surface area contributed by atoms with E-state index >= 15 is 0 Å². The van der Waals surface area contributed by atoms with E-state index < -0.39 is 0 Å². The minimum atomic E-state index is 0.426. The predicted molar refractivity (Wildman–Crippen MR) is 90.2 cm³/mol. The van der Waals surface area contributed by atoms with Gasteiger partial charge in [-0.3, -0.25) is 0 Å². The van der Waals surface area contributed by atoms with Crippen molar-refractivity contribution in [1.29, 1.82) is 0 Å². The van der Waals surface area contributed by atoms with Crippen molar-refractivity contribution in [1.82, 2.24) is 14.9 Å². The van der Waals surface area contributed by atoms with Crippen molar-refractivity contribution < 1.29 is 0 Å². The summed E-state index contributed by atoms with van der Waals surface area (Å²) in [4.78, 5) is 0.980. The normalized spacial score (nSPS) is 11.3. The Labute approximate surface area is 139 Å². The van der Waals surface area contributed by atoms with Gasteiger partial charge in [-0.15, -0.1) is 11.3 Å². The van der Waals surface area contributed by atoms with E-state index in [0.29, 0.717) is 20.6 Å². The van der Waals surface area contributed by atoms with E-state index in [2.05, 4.69) is 15.3 Å². The third kappa shape index (κ3) is 3.08. The predicted octanol–water partition coefficient (Wildman–Crippen LogP) is 4.86. The van der Waals surface area contributed by atoms with Crippen LogP contribution in [-0.2, 0) is 0 Å². The summed E-state index contributed by atoms with van der Waals surface area (Å²) in [5.74, 6) is 0.673. The quantitative estimate of drug-likeness (QED) is 0.539. The molecule has 2 heterocycles. The van der Waals surface area contributed by atoms with Crippen molar-refractivity contribution in [3.05, 3.63) is 56.1 Å². The maximum atomic E-state index is 5.98. The molecule has 0 aliphatic carbocycles. The minimum absolute atomic E-state index is 0.426. The van der Waals surface area contributed by atoms with Gasteiger partial charge in [0.15, 0.2) is 5.82 Å². The number of benzene rings is 1. The summed E-state index contributed by atoms with van der Waals surface area (Å²) in [5, 5.41) is 14.3. The summed E-state index contributed by atoms with van der Waals surface area (Å²) in [6.07, 6.45) is 1.66. The number of hydrogen-bond donors (Lipinski definition) is 1.